The van der Waals surface area contributed by atoms with E-state index < -0.39 is 0 Å². The number of thiophene rings is 1. The van der Waals surface area contributed by atoms with Gasteiger partial charge < -0.3 is 9.32 Å². The maximum atomic E-state index is 6.87. The van der Waals surface area contributed by atoms with Crippen LogP contribution in [0.15, 0.2) is 168 Å². The smallest absolute Gasteiger partial charge is 0.143 e. The maximum Gasteiger partial charge on any atom is 0.143 e. The van der Waals surface area contributed by atoms with Crippen LogP contribution in [-0.4, -0.2) is 0 Å². The van der Waals surface area contributed by atoms with Gasteiger partial charge in [-0.25, -0.2) is 0 Å². The van der Waals surface area contributed by atoms with Gasteiger partial charge in [0.2, 0.25) is 0 Å². The molecule has 0 fully saturated rings. The molecule has 1 aliphatic rings. The number of nitrogens with zero attached hydrogens (tertiary/aromatic N) is 1. The normalized spacial score (nSPS) is 13.3. The molecule has 2 heterocycles. The average Bonchev–Trinajstić information content (AvgIpc) is 3.83. The summed E-state index contributed by atoms with van der Waals surface area (Å²) in [5, 5.41) is 7.35. The standard InChI is InChI=1S/C49H33NOS/c1-49(2)41-17-9-6-15-38(41)45-37-27-25-33(28-40(37)48-46(47(45)49)39-16-7-10-18-42(39)51-48)50(32-22-20-31(21-23-32)30-12-4-3-5-13-30)34-24-26-36-35-14-8-11-19-43(35)52-44(36)29-34/h3-29H,1-2H3. The van der Waals surface area contributed by atoms with E-state index in [0.717, 1.165) is 33.6 Å². The lowest BCUT2D eigenvalue weighted by Gasteiger charge is -2.27. The van der Waals surface area contributed by atoms with Gasteiger partial charge in [-0.3, -0.25) is 0 Å². The summed E-state index contributed by atoms with van der Waals surface area (Å²) in [4.78, 5) is 2.40. The highest BCUT2D eigenvalue weighted by molar-refractivity contribution is 7.25. The highest BCUT2D eigenvalue weighted by Gasteiger charge is 2.39. The minimum Gasteiger partial charge on any atom is -0.455 e. The highest BCUT2D eigenvalue weighted by atomic mass is 32.1. The Labute approximate surface area is 305 Å². The molecular formula is C49H33NOS. The molecule has 2 nitrogen and oxygen atoms in total. The Hall–Kier alpha value is -6.16. The lowest BCUT2D eigenvalue weighted by atomic mass is 9.79. The van der Waals surface area contributed by atoms with Gasteiger partial charge in [0, 0.05) is 58.8 Å². The molecule has 11 rings (SSSR count). The number of fused-ring (bicyclic) bond motifs is 13. The third kappa shape index (κ3) is 4.17. The van der Waals surface area contributed by atoms with E-state index in [1.807, 2.05) is 11.3 Å². The summed E-state index contributed by atoms with van der Waals surface area (Å²) >= 11 is 1.86. The molecule has 0 saturated heterocycles. The van der Waals surface area contributed by atoms with Crippen molar-refractivity contribution in [2.75, 3.05) is 4.90 Å². The summed E-state index contributed by atoms with van der Waals surface area (Å²) in [6.07, 6.45) is 0. The van der Waals surface area contributed by atoms with Gasteiger partial charge in [-0.15, -0.1) is 11.3 Å². The first kappa shape index (κ1) is 29.6. The molecule has 52 heavy (non-hydrogen) atoms. The first-order valence-electron chi connectivity index (χ1n) is 17.9. The molecule has 8 aromatic carbocycles. The molecule has 0 spiro atoms. The lowest BCUT2D eigenvalue weighted by Crippen LogP contribution is -2.15. The molecule has 10 aromatic rings. The highest BCUT2D eigenvalue weighted by Crippen LogP contribution is 2.56. The summed E-state index contributed by atoms with van der Waals surface area (Å²) in [6.45, 7) is 4.73. The maximum absolute atomic E-state index is 6.87. The third-order valence-corrected chi connectivity index (χ3v) is 12.4. The lowest BCUT2D eigenvalue weighted by molar-refractivity contribution is 0.659. The van der Waals surface area contributed by atoms with Crippen LogP contribution in [-0.2, 0) is 5.41 Å². The Morgan fingerprint density at radius 2 is 1.13 bits per heavy atom. The van der Waals surface area contributed by atoms with E-state index in [-0.39, 0.29) is 5.41 Å². The molecule has 0 atom stereocenters. The molecule has 3 heteroatoms. The first-order valence-corrected chi connectivity index (χ1v) is 18.7. The number of benzene rings is 8. The predicted octanol–water partition coefficient (Wildman–Crippen LogP) is 14.6. The molecule has 246 valence electrons. The SMILES string of the molecule is CC1(C)c2ccccc2-c2c1c1c3ccccc3oc1c1cc(N(c3ccc(-c4ccccc4)cc3)c3ccc4c(c3)sc3ccccc34)ccc21. The van der Waals surface area contributed by atoms with Crippen molar-refractivity contribution >= 4 is 81.3 Å². The van der Waals surface area contributed by atoms with Gasteiger partial charge in [-0.05, 0) is 87.3 Å². The average molecular weight is 684 g/mol. The van der Waals surface area contributed by atoms with Crippen molar-refractivity contribution in [2.45, 2.75) is 19.3 Å². The van der Waals surface area contributed by atoms with Crippen LogP contribution in [0.4, 0.5) is 17.1 Å². The van der Waals surface area contributed by atoms with Crippen LogP contribution in [0.25, 0.3) is 75.1 Å². The number of hydrogen-bond donors (Lipinski definition) is 0. The summed E-state index contributed by atoms with van der Waals surface area (Å²) in [5.74, 6) is 0. The van der Waals surface area contributed by atoms with E-state index in [2.05, 4.69) is 183 Å². The fourth-order valence-electron chi connectivity index (χ4n) is 8.84. The van der Waals surface area contributed by atoms with Crippen LogP contribution in [0.5, 0.6) is 0 Å². The quantitative estimate of drug-likeness (QED) is 0.184. The van der Waals surface area contributed by atoms with Crippen molar-refractivity contribution in [3.63, 3.8) is 0 Å². The summed E-state index contributed by atoms with van der Waals surface area (Å²) < 4.78 is 9.46. The first-order chi connectivity index (χ1) is 25.5. The molecular weight excluding hydrogens is 651 g/mol. The van der Waals surface area contributed by atoms with Crippen molar-refractivity contribution in [1.29, 1.82) is 0 Å². The van der Waals surface area contributed by atoms with Gasteiger partial charge >= 0.3 is 0 Å². The van der Waals surface area contributed by atoms with E-state index in [1.165, 1.54) is 69.7 Å². The van der Waals surface area contributed by atoms with E-state index in [1.54, 1.807) is 0 Å². The van der Waals surface area contributed by atoms with Crippen molar-refractivity contribution in [1.82, 2.24) is 0 Å². The Kier molecular flexibility index (Phi) is 6.21. The van der Waals surface area contributed by atoms with Crippen LogP contribution in [0, 0.1) is 0 Å². The monoisotopic (exact) mass is 683 g/mol. The molecule has 0 aliphatic heterocycles. The number of rotatable bonds is 4. The third-order valence-electron chi connectivity index (χ3n) is 11.2. The second kappa shape index (κ2) is 10.9. The van der Waals surface area contributed by atoms with E-state index >= 15 is 0 Å². The minimum atomic E-state index is -0.171. The molecule has 0 amide bonds. The zero-order valence-electron chi connectivity index (χ0n) is 28.9. The second-order valence-corrected chi connectivity index (χ2v) is 15.6. The predicted molar refractivity (Wildman–Crippen MR) is 222 cm³/mol. The van der Waals surface area contributed by atoms with Gasteiger partial charge in [0.1, 0.15) is 11.2 Å². The summed E-state index contributed by atoms with van der Waals surface area (Å²) in [7, 11) is 0. The van der Waals surface area contributed by atoms with Gasteiger partial charge in [0.15, 0.2) is 0 Å². The van der Waals surface area contributed by atoms with Crippen molar-refractivity contribution in [3.8, 4) is 22.3 Å². The molecule has 0 unspecified atom stereocenters. The minimum absolute atomic E-state index is 0.171. The largest absolute Gasteiger partial charge is 0.455 e. The van der Waals surface area contributed by atoms with Gasteiger partial charge in [0.25, 0.3) is 0 Å². The fraction of sp³-hybridized carbons (Fsp3) is 0.0612. The molecule has 0 bridgehead atoms. The molecule has 0 saturated carbocycles. The summed E-state index contributed by atoms with van der Waals surface area (Å²) in [6, 6.07) is 59.7. The van der Waals surface area contributed by atoms with Gasteiger partial charge in [0.05, 0.1) is 0 Å². The van der Waals surface area contributed by atoms with E-state index in [9.17, 15) is 0 Å². The zero-order chi connectivity index (χ0) is 34.6. The Morgan fingerprint density at radius 3 is 1.98 bits per heavy atom. The molecule has 0 radical (unpaired) electrons. The number of hydrogen-bond acceptors (Lipinski definition) is 3. The van der Waals surface area contributed by atoms with E-state index in [0.29, 0.717) is 0 Å². The second-order valence-electron chi connectivity index (χ2n) is 14.5. The van der Waals surface area contributed by atoms with Crippen molar-refractivity contribution < 1.29 is 4.42 Å². The summed E-state index contributed by atoms with van der Waals surface area (Å²) in [5.41, 5.74) is 12.8. The van der Waals surface area contributed by atoms with Crippen LogP contribution in [0.1, 0.15) is 25.0 Å². The Bertz CT molecular complexity index is 3040. The van der Waals surface area contributed by atoms with Crippen LogP contribution in [0.3, 0.4) is 0 Å². The fourth-order valence-corrected chi connectivity index (χ4v) is 9.98. The Morgan fingerprint density at radius 1 is 0.500 bits per heavy atom. The van der Waals surface area contributed by atoms with Crippen molar-refractivity contribution in [2.24, 2.45) is 0 Å². The number of anilines is 3. The molecule has 1 aliphatic carbocycles. The molecule has 2 aromatic heterocycles. The van der Waals surface area contributed by atoms with Gasteiger partial charge in [-0.2, -0.15) is 0 Å². The van der Waals surface area contributed by atoms with Crippen LogP contribution < -0.4 is 4.90 Å². The zero-order valence-corrected chi connectivity index (χ0v) is 29.7. The van der Waals surface area contributed by atoms with Gasteiger partial charge in [-0.1, -0.05) is 129 Å². The van der Waals surface area contributed by atoms with Crippen LogP contribution >= 0.6 is 11.3 Å². The van der Waals surface area contributed by atoms with Crippen LogP contribution in [0.2, 0.25) is 0 Å². The molecule has 0 N–H and O–H groups in total. The topological polar surface area (TPSA) is 16.4 Å². The van der Waals surface area contributed by atoms with Crippen molar-refractivity contribution in [3.05, 3.63) is 175 Å². The number of furan rings is 1. The number of para-hydroxylation sites is 1. The van der Waals surface area contributed by atoms with E-state index in [4.69, 9.17) is 4.42 Å². The Balaban J connectivity index is 1.19.